The molecule has 0 bridgehead atoms. The zero-order valence-electron chi connectivity index (χ0n) is 15.5. The summed E-state index contributed by atoms with van der Waals surface area (Å²) in [5, 5.41) is 3.69. The number of aryl methyl sites for hydroxylation is 1. The van der Waals surface area contributed by atoms with E-state index < -0.39 is 5.41 Å². The van der Waals surface area contributed by atoms with Gasteiger partial charge >= 0.3 is 0 Å². The van der Waals surface area contributed by atoms with Gasteiger partial charge in [0.15, 0.2) is 0 Å². The van der Waals surface area contributed by atoms with Crippen LogP contribution in [0.15, 0.2) is 24.3 Å². The van der Waals surface area contributed by atoms with Gasteiger partial charge in [0.25, 0.3) is 0 Å². The van der Waals surface area contributed by atoms with Crippen LogP contribution in [-0.2, 0) is 16.6 Å². The van der Waals surface area contributed by atoms with Crippen LogP contribution in [-0.4, -0.2) is 36.5 Å². The van der Waals surface area contributed by atoms with Gasteiger partial charge < -0.3 is 10.2 Å². The molecule has 0 atom stereocenters. The maximum atomic E-state index is 13.1. The Bertz CT molecular complexity index is 552. The van der Waals surface area contributed by atoms with Crippen molar-refractivity contribution < 1.29 is 4.79 Å². The van der Waals surface area contributed by atoms with Gasteiger partial charge in [-0.3, -0.25) is 4.79 Å². The van der Waals surface area contributed by atoms with Gasteiger partial charge in [-0.05, 0) is 69.5 Å². The molecular formula is C21H32N2O. The first-order valence-electron chi connectivity index (χ1n) is 9.63. The van der Waals surface area contributed by atoms with Crippen molar-refractivity contribution in [2.24, 2.45) is 5.92 Å². The fourth-order valence-corrected chi connectivity index (χ4v) is 3.62. The second-order valence-corrected chi connectivity index (χ2v) is 8.09. The van der Waals surface area contributed by atoms with Gasteiger partial charge in [-0.15, -0.1) is 0 Å². The number of nitrogens with one attached hydrogen (secondary N) is 1. The second-order valence-electron chi connectivity index (χ2n) is 8.09. The number of nitrogens with zero attached hydrogens (tertiary/aromatic N) is 1. The number of hydrogen-bond acceptors (Lipinski definition) is 2. The molecule has 1 N–H and O–H groups in total. The highest BCUT2D eigenvalue weighted by molar-refractivity contribution is 5.87. The average molecular weight is 329 g/mol. The van der Waals surface area contributed by atoms with E-state index in [1.165, 1.54) is 24.9 Å². The average Bonchev–Trinajstić information content (AvgIpc) is 3.44. The Morgan fingerprint density at radius 1 is 1.12 bits per heavy atom. The lowest BCUT2D eigenvalue weighted by Crippen LogP contribution is -2.50. The lowest BCUT2D eigenvalue weighted by atomic mass is 9.82. The molecule has 3 rings (SSSR count). The fraction of sp³-hybridized carbons (Fsp3) is 0.667. The molecule has 1 aromatic carbocycles. The van der Waals surface area contributed by atoms with Crippen molar-refractivity contribution in [1.29, 1.82) is 0 Å². The van der Waals surface area contributed by atoms with E-state index in [2.05, 4.69) is 55.3 Å². The van der Waals surface area contributed by atoms with Crippen molar-refractivity contribution in [1.82, 2.24) is 10.2 Å². The number of rotatable bonds is 6. The molecule has 1 amide bonds. The SMILES string of the molecule is CCc1ccc(C(C)(C)C(=O)N2CCC(NCC3CC3)CC2)cc1. The third-order valence-electron chi connectivity index (χ3n) is 5.79. The molecule has 1 aliphatic carbocycles. The summed E-state index contributed by atoms with van der Waals surface area (Å²) in [5.41, 5.74) is 2.00. The normalized spacial score (nSPS) is 19.5. The molecule has 1 aromatic rings. The van der Waals surface area contributed by atoms with Crippen LogP contribution in [0.1, 0.15) is 57.6 Å². The molecule has 2 fully saturated rings. The van der Waals surface area contributed by atoms with E-state index in [0.29, 0.717) is 6.04 Å². The van der Waals surface area contributed by atoms with Gasteiger partial charge in [0.2, 0.25) is 5.91 Å². The monoisotopic (exact) mass is 328 g/mol. The van der Waals surface area contributed by atoms with Crippen LogP contribution < -0.4 is 5.32 Å². The summed E-state index contributed by atoms with van der Waals surface area (Å²) < 4.78 is 0. The Kier molecular flexibility index (Phi) is 5.29. The quantitative estimate of drug-likeness (QED) is 0.866. The van der Waals surface area contributed by atoms with Gasteiger partial charge in [-0.1, -0.05) is 31.2 Å². The third-order valence-corrected chi connectivity index (χ3v) is 5.79. The molecule has 3 nitrogen and oxygen atoms in total. The van der Waals surface area contributed by atoms with E-state index in [1.54, 1.807) is 0 Å². The molecule has 0 unspecified atom stereocenters. The molecule has 132 valence electrons. The predicted molar refractivity (Wildman–Crippen MR) is 99.2 cm³/mol. The van der Waals surface area contributed by atoms with E-state index in [9.17, 15) is 4.79 Å². The zero-order valence-corrected chi connectivity index (χ0v) is 15.5. The van der Waals surface area contributed by atoms with Crippen molar-refractivity contribution in [2.75, 3.05) is 19.6 Å². The van der Waals surface area contributed by atoms with Crippen LogP contribution in [0.4, 0.5) is 0 Å². The smallest absolute Gasteiger partial charge is 0.232 e. The minimum atomic E-state index is -0.444. The van der Waals surface area contributed by atoms with Gasteiger partial charge in [0.05, 0.1) is 5.41 Å². The summed E-state index contributed by atoms with van der Waals surface area (Å²) in [7, 11) is 0. The van der Waals surface area contributed by atoms with Gasteiger partial charge in [-0.2, -0.15) is 0 Å². The summed E-state index contributed by atoms with van der Waals surface area (Å²) >= 11 is 0. The largest absolute Gasteiger partial charge is 0.342 e. The number of likely N-dealkylation sites (tertiary alicyclic amines) is 1. The molecule has 0 aromatic heterocycles. The van der Waals surface area contributed by atoms with Crippen LogP contribution in [0.25, 0.3) is 0 Å². The predicted octanol–water partition coefficient (Wildman–Crippen LogP) is 3.52. The molecule has 1 saturated heterocycles. The van der Waals surface area contributed by atoms with Crippen LogP contribution in [0, 0.1) is 5.92 Å². The highest BCUT2D eigenvalue weighted by Crippen LogP contribution is 2.29. The first-order valence-corrected chi connectivity index (χ1v) is 9.63. The minimum absolute atomic E-state index is 0.271. The molecule has 1 heterocycles. The standard InChI is InChI=1S/C21H32N2O/c1-4-16-7-9-18(10-8-16)21(2,3)20(24)23-13-11-19(12-14-23)22-15-17-5-6-17/h7-10,17,19,22H,4-6,11-15H2,1-3H3. The highest BCUT2D eigenvalue weighted by Gasteiger charge is 2.35. The summed E-state index contributed by atoms with van der Waals surface area (Å²) in [6.45, 7) is 9.23. The maximum absolute atomic E-state index is 13.1. The Morgan fingerprint density at radius 2 is 1.75 bits per heavy atom. The number of hydrogen-bond donors (Lipinski definition) is 1. The second kappa shape index (κ2) is 7.26. The molecule has 2 aliphatic rings. The zero-order chi connectivity index (χ0) is 17.2. The molecule has 3 heteroatoms. The lowest BCUT2D eigenvalue weighted by Gasteiger charge is -2.37. The minimum Gasteiger partial charge on any atom is -0.342 e. The van der Waals surface area contributed by atoms with Crippen LogP contribution in [0.2, 0.25) is 0 Å². The molecular weight excluding hydrogens is 296 g/mol. The summed E-state index contributed by atoms with van der Waals surface area (Å²) in [5.74, 6) is 1.20. The van der Waals surface area contributed by atoms with E-state index in [0.717, 1.165) is 43.8 Å². The number of carbonyl (C=O) groups excluding carboxylic acids is 1. The summed E-state index contributed by atoms with van der Waals surface area (Å²) in [4.78, 5) is 15.1. The topological polar surface area (TPSA) is 32.3 Å². The Labute approximate surface area is 146 Å². The van der Waals surface area contributed by atoms with E-state index in [1.807, 2.05) is 0 Å². The number of benzene rings is 1. The maximum Gasteiger partial charge on any atom is 0.232 e. The van der Waals surface area contributed by atoms with E-state index in [4.69, 9.17) is 0 Å². The summed E-state index contributed by atoms with van der Waals surface area (Å²) in [6.07, 6.45) is 6.01. The molecule has 1 saturated carbocycles. The summed E-state index contributed by atoms with van der Waals surface area (Å²) in [6, 6.07) is 9.15. The molecule has 0 radical (unpaired) electrons. The van der Waals surface area contributed by atoms with Gasteiger partial charge in [0.1, 0.15) is 0 Å². The number of piperidine rings is 1. The number of amides is 1. The number of carbonyl (C=O) groups is 1. The van der Waals surface area contributed by atoms with Crippen LogP contribution in [0.3, 0.4) is 0 Å². The van der Waals surface area contributed by atoms with Crippen molar-refractivity contribution >= 4 is 5.91 Å². The van der Waals surface area contributed by atoms with Crippen molar-refractivity contribution in [3.63, 3.8) is 0 Å². The highest BCUT2D eigenvalue weighted by atomic mass is 16.2. The van der Waals surface area contributed by atoms with Crippen molar-refractivity contribution in [2.45, 2.75) is 64.3 Å². The van der Waals surface area contributed by atoms with Crippen molar-refractivity contribution in [3.05, 3.63) is 35.4 Å². The van der Waals surface area contributed by atoms with Crippen molar-refractivity contribution in [3.8, 4) is 0 Å². The first kappa shape index (κ1) is 17.5. The Balaban J connectivity index is 1.56. The Hall–Kier alpha value is -1.35. The van der Waals surface area contributed by atoms with Gasteiger partial charge in [-0.25, -0.2) is 0 Å². The van der Waals surface area contributed by atoms with Gasteiger partial charge in [0, 0.05) is 19.1 Å². The fourth-order valence-electron chi connectivity index (χ4n) is 3.62. The molecule has 0 spiro atoms. The van der Waals surface area contributed by atoms with Crippen LogP contribution in [0.5, 0.6) is 0 Å². The van der Waals surface area contributed by atoms with E-state index in [-0.39, 0.29) is 5.91 Å². The lowest BCUT2D eigenvalue weighted by molar-refractivity contribution is -0.137. The molecule has 24 heavy (non-hydrogen) atoms. The van der Waals surface area contributed by atoms with Crippen LogP contribution >= 0.6 is 0 Å². The molecule has 1 aliphatic heterocycles. The Morgan fingerprint density at radius 3 is 2.29 bits per heavy atom. The van der Waals surface area contributed by atoms with E-state index >= 15 is 0 Å². The third kappa shape index (κ3) is 4.00. The first-order chi connectivity index (χ1) is 11.5.